The van der Waals surface area contributed by atoms with Crippen LogP contribution in [0, 0.1) is 11.3 Å². The fraction of sp³-hybridized carbons (Fsp3) is 0.556. The van der Waals surface area contributed by atoms with E-state index >= 15 is 0 Å². The predicted octanol–water partition coefficient (Wildman–Crippen LogP) is 0.309. The van der Waals surface area contributed by atoms with E-state index in [1.165, 1.54) is 6.07 Å². The van der Waals surface area contributed by atoms with Gasteiger partial charge in [-0.2, -0.15) is 5.26 Å². The average molecular weight is 228 g/mol. The summed E-state index contributed by atoms with van der Waals surface area (Å²) in [4.78, 5) is 25.7. The largest absolute Gasteiger partial charge is 0.476 e. The Morgan fingerprint density at radius 3 is 2.38 bits per heavy atom. The lowest BCUT2D eigenvalue weighted by Crippen LogP contribution is -2.26. The molecule has 0 aliphatic heterocycles. The number of aliphatic carboxylic acids is 1. The summed E-state index contributed by atoms with van der Waals surface area (Å²) in [6.45, 7) is 4.47. The molecule has 0 saturated carbocycles. The van der Waals surface area contributed by atoms with Crippen LogP contribution in [0.4, 0.5) is 0 Å². The SMILES string of the molecule is CC(C)(C)OC(=O)CO/N=C(\C#N)C(=O)O. The topological polar surface area (TPSA) is 109 Å². The Bertz CT molecular complexity index is 348. The van der Waals surface area contributed by atoms with Gasteiger partial charge in [-0.3, -0.25) is 0 Å². The second kappa shape index (κ2) is 5.70. The maximum atomic E-state index is 11.1. The summed E-state index contributed by atoms with van der Waals surface area (Å²) in [5, 5.41) is 19.6. The van der Waals surface area contributed by atoms with Crippen molar-refractivity contribution in [2.24, 2.45) is 5.16 Å². The Hall–Kier alpha value is -2.10. The zero-order chi connectivity index (χ0) is 12.8. The van der Waals surface area contributed by atoms with Gasteiger partial charge in [-0.1, -0.05) is 5.16 Å². The highest BCUT2D eigenvalue weighted by Crippen LogP contribution is 2.06. The van der Waals surface area contributed by atoms with Crippen LogP contribution in [0.25, 0.3) is 0 Å². The number of carbonyl (C=O) groups is 2. The molecule has 0 aromatic rings. The minimum atomic E-state index is -1.52. The molecule has 0 amide bonds. The third kappa shape index (κ3) is 6.37. The van der Waals surface area contributed by atoms with Crippen molar-refractivity contribution in [2.45, 2.75) is 26.4 Å². The third-order valence-corrected chi connectivity index (χ3v) is 1.07. The molecule has 0 saturated heterocycles. The molecule has 0 rings (SSSR count). The van der Waals surface area contributed by atoms with E-state index in [1.54, 1.807) is 20.8 Å². The highest BCUT2D eigenvalue weighted by atomic mass is 16.7. The van der Waals surface area contributed by atoms with Gasteiger partial charge in [-0.15, -0.1) is 0 Å². The summed E-state index contributed by atoms with van der Waals surface area (Å²) in [5.74, 6) is -2.22. The molecule has 16 heavy (non-hydrogen) atoms. The minimum Gasteiger partial charge on any atom is -0.476 e. The first-order chi connectivity index (χ1) is 7.26. The van der Waals surface area contributed by atoms with Crippen LogP contribution >= 0.6 is 0 Å². The van der Waals surface area contributed by atoms with E-state index in [2.05, 4.69) is 9.99 Å². The minimum absolute atomic E-state index is 0.546. The van der Waals surface area contributed by atoms with Crippen LogP contribution < -0.4 is 0 Å². The molecule has 0 heterocycles. The van der Waals surface area contributed by atoms with Gasteiger partial charge < -0.3 is 14.7 Å². The van der Waals surface area contributed by atoms with Gasteiger partial charge in [0, 0.05) is 0 Å². The fourth-order valence-electron chi connectivity index (χ4n) is 0.628. The summed E-state index contributed by atoms with van der Waals surface area (Å²) in [6, 6.07) is 1.30. The van der Waals surface area contributed by atoms with Crippen LogP contribution in [0.2, 0.25) is 0 Å². The molecule has 7 nitrogen and oxygen atoms in total. The second-order valence-electron chi connectivity index (χ2n) is 3.72. The second-order valence-corrected chi connectivity index (χ2v) is 3.72. The maximum Gasteiger partial charge on any atom is 0.369 e. The molecule has 0 atom stereocenters. The summed E-state index contributed by atoms with van der Waals surface area (Å²) in [7, 11) is 0. The number of carbonyl (C=O) groups excluding carboxylic acids is 1. The van der Waals surface area contributed by atoms with Gasteiger partial charge in [0.25, 0.3) is 5.71 Å². The number of oxime groups is 1. The third-order valence-electron chi connectivity index (χ3n) is 1.07. The Morgan fingerprint density at radius 1 is 1.44 bits per heavy atom. The molecule has 1 N–H and O–H groups in total. The molecule has 88 valence electrons. The van der Waals surface area contributed by atoms with Gasteiger partial charge in [0.05, 0.1) is 0 Å². The van der Waals surface area contributed by atoms with E-state index in [9.17, 15) is 9.59 Å². The Morgan fingerprint density at radius 2 is 2.00 bits per heavy atom. The lowest BCUT2D eigenvalue weighted by Gasteiger charge is -2.18. The number of carboxylic acid groups (broad SMARTS) is 1. The van der Waals surface area contributed by atoms with Crippen LogP contribution in [0.3, 0.4) is 0 Å². The molecule has 0 aromatic heterocycles. The number of hydrogen-bond donors (Lipinski definition) is 1. The number of rotatable bonds is 4. The van der Waals surface area contributed by atoms with E-state index in [0.717, 1.165) is 0 Å². The van der Waals surface area contributed by atoms with Gasteiger partial charge in [-0.25, -0.2) is 9.59 Å². The van der Waals surface area contributed by atoms with Crippen LogP contribution in [0.5, 0.6) is 0 Å². The average Bonchev–Trinajstić information content (AvgIpc) is 2.08. The number of ether oxygens (including phenoxy) is 1. The van der Waals surface area contributed by atoms with Crippen molar-refractivity contribution in [1.29, 1.82) is 5.26 Å². The maximum absolute atomic E-state index is 11.1. The normalized spacial score (nSPS) is 11.5. The van der Waals surface area contributed by atoms with E-state index < -0.39 is 29.9 Å². The first-order valence-electron chi connectivity index (χ1n) is 4.31. The van der Waals surface area contributed by atoms with Gasteiger partial charge in [0.15, 0.2) is 0 Å². The summed E-state index contributed by atoms with van der Waals surface area (Å²) in [6.07, 6.45) is 0. The molecule has 0 aromatic carbocycles. The smallest absolute Gasteiger partial charge is 0.369 e. The zero-order valence-corrected chi connectivity index (χ0v) is 9.18. The van der Waals surface area contributed by atoms with Crippen LogP contribution in [-0.4, -0.2) is 35.0 Å². The van der Waals surface area contributed by atoms with E-state index in [-0.39, 0.29) is 0 Å². The lowest BCUT2D eigenvalue weighted by molar-refractivity contribution is -0.160. The van der Waals surface area contributed by atoms with E-state index in [0.29, 0.717) is 0 Å². The zero-order valence-electron chi connectivity index (χ0n) is 9.18. The number of nitrogens with zero attached hydrogens (tertiary/aromatic N) is 2. The molecule has 0 radical (unpaired) electrons. The van der Waals surface area contributed by atoms with E-state index in [1.807, 2.05) is 0 Å². The highest BCUT2D eigenvalue weighted by Gasteiger charge is 2.17. The summed E-state index contributed by atoms with van der Waals surface area (Å²) in [5.41, 5.74) is -1.49. The standard InChI is InChI=1S/C9H12N2O5/c1-9(2,3)16-7(12)5-15-11-6(4-10)8(13)14/h5H2,1-3H3,(H,13,14)/b11-6+. The van der Waals surface area contributed by atoms with Crippen molar-refractivity contribution in [3.8, 4) is 6.07 Å². The molecule has 0 bridgehead atoms. The van der Waals surface area contributed by atoms with Crippen LogP contribution in [-0.2, 0) is 19.2 Å². The van der Waals surface area contributed by atoms with Crippen molar-refractivity contribution in [2.75, 3.05) is 6.61 Å². The molecule has 0 spiro atoms. The van der Waals surface area contributed by atoms with Gasteiger partial charge in [0.1, 0.15) is 11.7 Å². The molecule has 0 aliphatic carbocycles. The fourth-order valence-corrected chi connectivity index (χ4v) is 0.628. The number of carboxylic acids is 1. The number of esters is 1. The molecular formula is C9H12N2O5. The van der Waals surface area contributed by atoms with Crippen molar-refractivity contribution in [3.63, 3.8) is 0 Å². The number of nitriles is 1. The summed E-state index contributed by atoms with van der Waals surface area (Å²) < 4.78 is 4.85. The van der Waals surface area contributed by atoms with Crippen LogP contribution in [0.1, 0.15) is 20.8 Å². The first kappa shape index (κ1) is 13.9. The quantitative estimate of drug-likeness (QED) is 0.421. The van der Waals surface area contributed by atoms with E-state index in [4.69, 9.17) is 15.1 Å². The number of hydrogen-bond acceptors (Lipinski definition) is 6. The summed E-state index contributed by atoms with van der Waals surface area (Å²) >= 11 is 0. The molecule has 7 heteroatoms. The Labute approximate surface area is 92.2 Å². The molecule has 0 unspecified atom stereocenters. The Balaban J connectivity index is 4.14. The van der Waals surface area contributed by atoms with Crippen molar-refractivity contribution in [3.05, 3.63) is 0 Å². The lowest BCUT2D eigenvalue weighted by atomic mass is 10.2. The predicted molar refractivity (Wildman–Crippen MR) is 52.5 cm³/mol. The van der Waals surface area contributed by atoms with Gasteiger partial charge in [0.2, 0.25) is 6.61 Å². The van der Waals surface area contributed by atoms with Crippen molar-refractivity contribution < 1.29 is 24.3 Å². The molecule has 0 fully saturated rings. The van der Waals surface area contributed by atoms with Gasteiger partial charge >= 0.3 is 11.9 Å². The molecule has 0 aliphatic rings. The van der Waals surface area contributed by atoms with Crippen molar-refractivity contribution in [1.82, 2.24) is 0 Å². The Kier molecular flexibility index (Phi) is 4.95. The monoisotopic (exact) mass is 228 g/mol. The van der Waals surface area contributed by atoms with Gasteiger partial charge in [-0.05, 0) is 20.8 Å². The first-order valence-corrected chi connectivity index (χ1v) is 4.31. The van der Waals surface area contributed by atoms with Crippen LogP contribution in [0.15, 0.2) is 5.16 Å². The highest BCUT2D eigenvalue weighted by molar-refractivity contribution is 6.42. The molecular weight excluding hydrogens is 216 g/mol. The van der Waals surface area contributed by atoms with Crippen molar-refractivity contribution >= 4 is 17.7 Å².